The zero-order chi connectivity index (χ0) is 19.4. The Labute approximate surface area is 154 Å². The lowest BCUT2D eigenvalue weighted by Gasteiger charge is -2.08. The van der Waals surface area contributed by atoms with Gasteiger partial charge in [-0.1, -0.05) is 36.4 Å². The summed E-state index contributed by atoms with van der Waals surface area (Å²) >= 11 is 0. The molecule has 2 aromatic carbocycles. The fraction of sp³-hybridized carbons (Fsp3) is 0.300. The standard InChI is InChI=1S/2C10H13NO2/c2*1-8(2)13-10(12)11-9-6-4-3-5-7-9/h2*3-8H,1-2H3,(H,11,12). The van der Waals surface area contributed by atoms with Crippen LogP contribution in [0.3, 0.4) is 0 Å². The predicted molar refractivity (Wildman–Crippen MR) is 103 cm³/mol. The highest BCUT2D eigenvalue weighted by atomic mass is 16.6. The first-order valence-electron chi connectivity index (χ1n) is 8.42. The molecule has 0 aliphatic heterocycles. The zero-order valence-electron chi connectivity index (χ0n) is 15.6. The highest BCUT2D eigenvalue weighted by Crippen LogP contribution is 2.06. The normalized spacial score (nSPS) is 9.77. The molecule has 0 radical (unpaired) electrons. The third-order valence-corrected chi connectivity index (χ3v) is 2.73. The number of carbonyl (C=O) groups is 2. The van der Waals surface area contributed by atoms with Gasteiger partial charge in [0.25, 0.3) is 0 Å². The average Bonchev–Trinajstić information content (AvgIpc) is 2.55. The number of para-hydroxylation sites is 2. The van der Waals surface area contributed by atoms with Crippen LogP contribution in [0.1, 0.15) is 27.7 Å². The second kappa shape index (κ2) is 11.5. The molecule has 0 fully saturated rings. The highest BCUT2D eigenvalue weighted by molar-refractivity contribution is 5.85. The monoisotopic (exact) mass is 358 g/mol. The molecule has 6 nitrogen and oxygen atoms in total. The van der Waals surface area contributed by atoms with Gasteiger partial charge < -0.3 is 9.47 Å². The second-order valence-electron chi connectivity index (χ2n) is 5.89. The summed E-state index contributed by atoms with van der Waals surface area (Å²) in [5, 5.41) is 5.22. The fourth-order valence-corrected chi connectivity index (χ4v) is 1.77. The Morgan fingerprint density at radius 3 is 1.23 bits per heavy atom. The van der Waals surface area contributed by atoms with E-state index in [0.717, 1.165) is 11.4 Å². The minimum Gasteiger partial charge on any atom is -0.447 e. The Morgan fingerprint density at radius 1 is 0.654 bits per heavy atom. The van der Waals surface area contributed by atoms with E-state index in [4.69, 9.17) is 9.47 Å². The molecule has 0 aliphatic rings. The van der Waals surface area contributed by atoms with Crippen LogP contribution in [-0.2, 0) is 9.47 Å². The minimum absolute atomic E-state index is 0.0938. The summed E-state index contributed by atoms with van der Waals surface area (Å²) in [7, 11) is 0. The van der Waals surface area contributed by atoms with Crippen LogP contribution in [-0.4, -0.2) is 24.4 Å². The Kier molecular flexibility index (Phi) is 9.31. The first-order chi connectivity index (χ1) is 12.4. The number of hydrogen-bond donors (Lipinski definition) is 2. The largest absolute Gasteiger partial charge is 0.447 e. The molecule has 2 amide bonds. The molecule has 2 N–H and O–H groups in total. The first-order valence-corrected chi connectivity index (χ1v) is 8.42. The van der Waals surface area contributed by atoms with Crippen molar-refractivity contribution in [2.24, 2.45) is 0 Å². The van der Waals surface area contributed by atoms with Gasteiger partial charge in [0.15, 0.2) is 0 Å². The van der Waals surface area contributed by atoms with E-state index in [1.807, 2.05) is 88.4 Å². The minimum atomic E-state index is -0.416. The number of nitrogens with one attached hydrogen (secondary N) is 2. The second-order valence-corrected chi connectivity index (χ2v) is 5.89. The van der Waals surface area contributed by atoms with E-state index in [1.54, 1.807) is 0 Å². The molecule has 0 atom stereocenters. The molecule has 26 heavy (non-hydrogen) atoms. The Morgan fingerprint density at radius 2 is 0.962 bits per heavy atom. The molecule has 2 aromatic rings. The number of hydrogen-bond acceptors (Lipinski definition) is 4. The zero-order valence-corrected chi connectivity index (χ0v) is 15.6. The lowest BCUT2D eigenvalue weighted by Crippen LogP contribution is -2.17. The van der Waals surface area contributed by atoms with Crippen molar-refractivity contribution >= 4 is 23.6 Å². The van der Waals surface area contributed by atoms with Crippen LogP contribution in [0.4, 0.5) is 21.0 Å². The van der Waals surface area contributed by atoms with Crippen LogP contribution in [0, 0.1) is 0 Å². The van der Waals surface area contributed by atoms with Crippen molar-refractivity contribution in [3.05, 3.63) is 60.7 Å². The van der Waals surface area contributed by atoms with Gasteiger partial charge in [-0.15, -0.1) is 0 Å². The maximum Gasteiger partial charge on any atom is 0.411 e. The van der Waals surface area contributed by atoms with Gasteiger partial charge >= 0.3 is 12.2 Å². The summed E-state index contributed by atoms with van der Waals surface area (Å²) in [6.45, 7) is 7.24. The summed E-state index contributed by atoms with van der Waals surface area (Å²) in [4.78, 5) is 22.2. The van der Waals surface area contributed by atoms with E-state index in [1.165, 1.54) is 0 Å². The van der Waals surface area contributed by atoms with Gasteiger partial charge in [-0.2, -0.15) is 0 Å². The third-order valence-electron chi connectivity index (χ3n) is 2.73. The molecule has 0 aliphatic carbocycles. The Balaban J connectivity index is 0.000000260. The van der Waals surface area contributed by atoms with Crippen molar-refractivity contribution < 1.29 is 19.1 Å². The van der Waals surface area contributed by atoms with Crippen molar-refractivity contribution in [3.8, 4) is 0 Å². The number of benzene rings is 2. The first kappa shape index (κ1) is 21.0. The number of ether oxygens (including phenoxy) is 2. The molecule has 0 saturated heterocycles. The Hall–Kier alpha value is -3.02. The van der Waals surface area contributed by atoms with E-state index in [-0.39, 0.29) is 12.2 Å². The van der Waals surface area contributed by atoms with Gasteiger partial charge in [-0.25, -0.2) is 9.59 Å². The van der Waals surface area contributed by atoms with Gasteiger partial charge in [-0.3, -0.25) is 10.6 Å². The van der Waals surface area contributed by atoms with Gasteiger partial charge in [0.1, 0.15) is 0 Å². The lowest BCUT2D eigenvalue weighted by molar-refractivity contribution is 0.129. The quantitative estimate of drug-likeness (QED) is 0.779. The Bertz CT molecular complexity index is 599. The molecule has 140 valence electrons. The molecule has 0 unspecified atom stereocenters. The summed E-state index contributed by atoms with van der Waals surface area (Å²) in [5.74, 6) is 0. The van der Waals surface area contributed by atoms with E-state index < -0.39 is 12.2 Å². The van der Waals surface area contributed by atoms with Gasteiger partial charge in [0.05, 0.1) is 12.2 Å². The molecule has 2 rings (SSSR count). The van der Waals surface area contributed by atoms with Crippen molar-refractivity contribution in [1.82, 2.24) is 0 Å². The molecule has 0 spiro atoms. The summed E-state index contributed by atoms with van der Waals surface area (Å²) < 4.78 is 9.81. The molecular formula is C20H26N2O4. The van der Waals surface area contributed by atoms with Gasteiger partial charge in [-0.05, 0) is 52.0 Å². The summed E-state index contributed by atoms with van der Waals surface area (Å²) in [6.07, 6.45) is -1.02. The van der Waals surface area contributed by atoms with E-state index >= 15 is 0 Å². The number of rotatable bonds is 4. The molecule has 0 bridgehead atoms. The molecular weight excluding hydrogens is 332 g/mol. The van der Waals surface area contributed by atoms with Gasteiger partial charge in [0.2, 0.25) is 0 Å². The van der Waals surface area contributed by atoms with Crippen LogP contribution >= 0.6 is 0 Å². The van der Waals surface area contributed by atoms with E-state index in [9.17, 15) is 9.59 Å². The molecule has 0 aromatic heterocycles. The van der Waals surface area contributed by atoms with Crippen LogP contribution in [0.25, 0.3) is 0 Å². The predicted octanol–water partition coefficient (Wildman–Crippen LogP) is 5.29. The number of carbonyl (C=O) groups excluding carboxylic acids is 2. The molecule has 6 heteroatoms. The van der Waals surface area contributed by atoms with Crippen molar-refractivity contribution in [3.63, 3.8) is 0 Å². The van der Waals surface area contributed by atoms with Gasteiger partial charge in [0, 0.05) is 11.4 Å². The number of amides is 2. The van der Waals surface area contributed by atoms with E-state index in [2.05, 4.69) is 10.6 Å². The maximum absolute atomic E-state index is 11.1. The maximum atomic E-state index is 11.1. The van der Waals surface area contributed by atoms with Crippen LogP contribution < -0.4 is 10.6 Å². The molecule has 0 heterocycles. The summed E-state index contributed by atoms with van der Waals surface area (Å²) in [6, 6.07) is 18.4. The van der Waals surface area contributed by atoms with Crippen molar-refractivity contribution in [2.75, 3.05) is 10.6 Å². The van der Waals surface area contributed by atoms with Crippen LogP contribution in [0.5, 0.6) is 0 Å². The SMILES string of the molecule is CC(C)OC(=O)Nc1ccccc1.CC(C)OC(=O)Nc1ccccc1. The number of anilines is 2. The van der Waals surface area contributed by atoms with Crippen LogP contribution in [0.15, 0.2) is 60.7 Å². The van der Waals surface area contributed by atoms with E-state index in [0.29, 0.717) is 0 Å². The topological polar surface area (TPSA) is 76.7 Å². The molecule has 0 saturated carbocycles. The third kappa shape index (κ3) is 9.97. The average molecular weight is 358 g/mol. The lowest BCUT2D eigenvalue weighted by atomic mass is 10.3. The fourth-order valence-electron chi connectivity index (χ4n) is 1.77. The smallest absolute Gasteiger partial charge is 0.411 e. The summed E-state index contributed by atoms with van der Waals surface area (Å²) in [5.41, 5.74) is 1.49. The van der Waals surface area contributed by atoms with Crippen molar-refractivity contribution in [1.29, 1.82) is 0 Å². The van der Waals surface area contributed by atoms with Crippen molar-refractivity contribution in [2.45, 2.75) is 39.9 Å². The highest BCUT2D eigenvalue weighted by Gasteiger charge is 2.04. The van der Waals surface area contributed by atoms with Crippen LogP contribution in [0.2, 0.25) is 0 Å².